The van der Waals surface area contributed by atoms with Gasteiger partial charge in [-0.2, -0.15) is 0 Å². The molecule has 3 N–H and O–H groups in total. The Morgan fingerprint density at radius 1 is 1.47 bits per heavy atom. The SMILES string of the molecule is CC(CNC(=O)C1CCCCC1)C(N)=S. The Morgan fingerprint density at radius 2 is 2.07 bits per heavy atom. The van der Waals surface area contributed by atoms with Crippen molar-refractivity contribution in [3.63, 3.8) is 0 Å². The molecule has 0 spiro atoms. The molecular weight excluding hydrogens is 208 g/mol. The molecule has 1 aliphatic rings. The first-order valence-corrected chi connectivity index (χ1v) is 6.09. The molecule has 0 radical (unpaired) electrons. The van der Waals surface area contributed by atoms with Crippen molar-refractivity contribution in [3.8, 4) is 0 Å². The van der Waals surface area contributed by atoms with Gasteiger partial charge in [0.1, 0.15) is 0 Å². The second-order valence-electron chi connectivity index (χ2n) is 4.38. The monoisotopic (exact) mass is 228 g/mol. The van der Waals surface area contributed by atoms with Crippen LogP contribution in [0, 0.1) is 11.8 Å². The van der Waals surface area contributed by atoms with E-state index in [4.69, 9.17) is 18.0 Å². The molecule has 0 aliphatic heterocycles. The summed E-state index contributed by atoms with van der Waals surface area (Å²) < 4.78 is 0. The van der Waals surface area contributed by atoms with Gasteiger partial charge >= 0.3 is 0 Å². The predicted octanol–water partition coefficient (Wildman–Crippen LogP) is 1.61. The number of carbonyl (C=O) groups excluding carboxylic acids is 1. The van der Waals surface area contributed by atoms with Crippen molar-refractivity contribution >= 4 is 23.1 Å². The average molecular weight is 228 g/mol. The lowest BCUT2D eigenvalue weighted by atomic mass is 9.88. The molecule has 1 fully saturated rings. The highest BCUT2D eigenvalue weighted by Crippen LogP contribution is 2.23. The van der Waals surface area contributed by atoms with Gasteiger partial charge in [-0.15, -0.1) is 0 Å². The van der Waals surface area contributed by atoms with Gasteiger partial charge in [-0.25, -0.2) is 0 Å². The van der Waals surface area contributed by atoms with Crippen molar-refractivity contribution in [1.29, 1.82) is 0 Å². The zero-order valence-corrected chi connectivity index (χ0v) is 10.1. The zero-order valence-electron chi connectivity index (χ0n) is 9.29. The maximum absolute atomic E-state index is 11.7. The topological polar surface area (TPSA) is 55.1 Å². The van der Waals surface area contributed by atoms with Gasteiger partial charge in [0.25, 0.3) is 0 Å². The lowest BCUT2D eigenvalue weighted by molar-refractivity contribution is -0.125. The highest BCUT2D eigenvalue weighted by Gasteiger charge is 2.21. The quantitative estimate of drug-likeness (QED) is 0.719. The first-order chi connectivity index (χ1) is 7.11. The second kappa shape index (κ2) is 6.05. The van der Waals surface area contributed by atoms with E-state index in [0.29, 0.717) is 11.5 Å². The normalized spacial score (nSPS) is 19.5. The van der Waals surface area contributed by atoms with Crippen molar-refractivity contribution in [3.05, 3.63) is 0 Å². The van der Waals surface area contributed by atoms with E-state index in [9.17, 15) is 4.79 Å². The van der Waals surface area contributed by atoms with Crippen LogP contribution in [0.2, 0.25) is 0 Å². The minimum absolute atomic E-state index is 0.0903. The summed E-state index contributed by atoms with van der Waals surface area (Å²) in [6.45, 7) is 2.51. The molecule has 1 amide bonds. The summed E-state index contributed by atoms with van der Waals surface area (Å²) >= 11 is 4.85. The maximum atomic E-state index is 11.7. The highest BCUT2D eigenvalue weighted by atomic mass is 32.1. The van der Waals surface area contributed by atoms with Gasteiger partial charge in [-0.1, -0.05) is 38.4 Å². The number of rotatable bonds is 4. The molecule has 4 heteroatoms. The molecule has 0 aromatic rings. The van der Waals surface area contributed by atoms with Crippen LogP contribution in [-0.2, 0) is 4.79 Å². The minimum Gasteiger partial charge on any atom is -0.393 e. The minimum atomic E-state index is 0.0903. The maximum Gasteiger partial charge on any atom is 0.223 e. The third-order valence-electron chi connectivity index (χ3n) is 3.04. The average Bonchev–Trinajstić information content (AvgIpc) is 2.26. The molecule has 1 aliphatic carbocycles. The van der Waals surface area contributed by atoms with Crippen LogP contribution >= 0.6 is 12.2 Å². The van der Waals surface area contributed by atoms with Crippen LogP contribution in [0.15, 0.2) is 0 Å². The van der Waals surface area contributed by atoms with Crippen molar-refractivity contribution in [1.82, 2.24) is 5.32 Å². The summed E-state index contributed by atoms with van der Waals surface area (Å²) in [5, 5.41) is 2.93. The molecule has 0 saturated heterocycles. The molecule has 1 rings (SSSR count). The van der Waals surface area contributed by atoms with Gasteiger partial charge in [0, 0.05) is 18.4 Å². The smallest absolute Gasteiger partial charge is 0.223 e. The Kier molecular flexibility index (Phi) is 5.02. The van der Waals surface area contributed by atoms with E-state index >= 15 is 0 Å². The summed E-state index contributed by atoms with van der Waals surface area (Å²) in [7, 11) is 0. The molecular formula is C11H20N2OS. The van der Waals surface area contributed by atoms with Gasteiger partial charge in [-0.3, -0.25) is 4.79 Å². The molecule has 1 unspecified atom stereocenters. The predicted molar refractivity (Wildman–Crippen MR) is 65.5 cm³/mol. The third kappa shape index (κ3) is 4.16. The van der Waals surface area contributed by atoms with E-state index in [1.54, 1.807) is 0 Å². The zero-order chi connectivity index (χ0) is 11.3. The van der Waals surface area contributed by atoms with Gasteiger partial charge in [-0.05, 0) is 12.8 Å². The number of thiocarbonyl (C=S) groups is 1. The first kappa shape index (κ1) is 12.4. The van der Waals surface area contributed by atoms with E-state index in [2.05, 4.69) is 5.32 Å². The largest absolute Gasteiger partial charge is 0.393 e. The van der Waals surface area contributed by atoms with E-state index in [1.165, 1.54) is 19.3 Å². The number of hydrogen-bond acceptors (Lipinski definition) is 2. The lowest BCUT2D eigenvalue weighted by Gasteiger charge is -2.21. The fourth-order valence-corrected chi connectivity index (χ4v) is 1.95. The fraction of sp³-hybridized carbons (Fsp3) is 0.818. The Labute approximate surface area is 96.8 Å². The Hall–Kier alpha value is -0.640. The van der Waals surface area contributed by atoms with Crippen molar-refractivity contribution in [2.75, 3.05) is 6.54 Å². The van der Waals surface area contributed by atoms with E-state index in [-0.39, 0.29) is 17.7 Å². The van der Waals surface area contributed by atoms with Crippen LogP contribution in [0.1, 0.15) is 39.0 Å². The van der Waals surface area contributed by atoms with Crippen LogP contribution in [0.4, 0.5) is 0 Å². The lowest BCUT2D eigenvalue weighted by Crippen LogP contribution is -2.37. The summed E-state index contributed by atoms with van der Waals surface area (Å²) in [4.78, 5) is 12.2. The van der Waals surface area contributed by atoms with Gasteiger partial charge in [0.15, 0.2) is 0 Å². The molecule has 86 valence electrons. The molecule has 0 bridgehead atoms. The Bertz CT molecular complexity index is 237. The van der Waals surface area contributed by atoms with Crippen molar-refractivity contribution in [2.24, 2.45) is 17.6 Å². The van der Waals surface area contributed by atoms with Gasteiger partial charge in [0.2, 0.25) is 5.91 Å². The van der Waals surface area contributed by atoms with E-state index in [1.807, 2.05) is 6.92 Å². The first-order valence-electron chi connectivity index (χ1n) is 5.68. The highest BCUT2D eigenvalue weighted by molar-refractivity contribution is 7.80. The van der Waals surface area contributed by atoms with E-state index < -0.39 is 0 Å². The standard InChI is InChI=1S/C11H20N2OS/c1-8(10(12)15)7-13-11(14)9-5-3-2-4-6-9/h8-9H,2-7H2,1H3,(H2,12,15)(H,13,14). The third-order valence-corrected chi connectivity index (χ3v) is 3.45. The number of nitrogens with one attached hydrogen (secondary N) is 1. The number of hydrogen-bond donors (Lipinski definition) is 2. The molecule has 3 nitrogen and oxygen atoms in total. The van der Waals surface area contributed by atoms with Gasteiger partial charge in [0.05, 0.1) is 4.99 Å². The van der Waals surface area contributed by atoms with Crippen LogP contribution < -0.4 is 11.1 Å². The summed E-state index contributed by atoms with van der Waals surface area (Å²) in [6.07, 6.45) is 5.71. The summed E-state index contributed by atoms with van der Waals surface area (Å²) in [5.74, 6) is 0.489. The number of nitrogens with two attached hydrogens (primary N) is 1. The van der Waals surface area contributed by atoms with Gasteiger partial charge < -0.3 is 11.1 Å². The van der Waals surface area contributed by atoms with Crippen LogP contribution in [0.25, 0.3) is 0 Å². The molecule has 1 atom stereocenters. The summed E-state index contributed by atoms with van der Waals surface area (Å²) in [5.41, 5.74) is 5.48. The molecule has 15 heavy (non-hydrogen) atoms. The second-order valence-corrected chi connectivity index (χ2v) is 4.85. The molecule has 1 saturated carbocycles. The van der Waals surface area contributed by atoms with Crippen LogP contribution in [0.5, 0.6) is 0 Å². The van der Waals surface area contributed by atoms with E-state index in [0.717, 1.165) is 12.8 Å². The molecule has 0 aromatic carbocycles. The number of amides is 1. The van der Waals surface area contributed by atoms with Crippen LogP contribution in [0.3, 0.4) is 0 Å². The van der Waals surface area contributed by atoms with Crippen LogP contribution in [-0.4, -0.2) is 17.4 Å². The summed E-state index contributed by atoms with van der Waals surface area (Å²) in [6, 6.07) is 0. The fourth-order valence-electron chi connectivity index (χ4n) is 1.86. The Balaban J connectivity index is 2.25. The Morgan fingerprint density at radius 3 is 2.60 bits per heavy atom. The van der Waals surface area contributed by atoms with Crippen molar-refractivity contribution in [2.45, 2.75) is 39.0 Å². The molecule has 0 aromatic heterocycles. The van der Waals surface area contributed by atoms with Crippen molar-refractivity contribution < 1.29 is 4.79 Å². The molecule has 0 heterocycles. The number of carbonyl (C=O) groups is 1.